The quantitative estimate of drug-likeness (QED) is 0.742. The number of amides is 2. The van der Waals surface area contributed by atoms with Crippen molar-refractivity contribution in [1.82, 2.24) is 10.2 Å². The number of carbonyl (C=O) groups is 2. The number of alkyl carbamates (subject to hydrolysis) is 1. The van der Waals surface area contributed by atoms with Crippen LogP contribution in [0.15, 0.2) is 48.5 Å². The Hall–Kier alpha value is -3.02. The molecule has 2 amide bonds. The average Bonchev–Trinajstić information content (AvgIpc) is 3.46. The first kappa shape index (κ1) is 21.2. The Morgan fingerprint density at radius 2 is 1.58 bits per heavy atom. The predicted octanol–water partition coefficient (Wildman–Crippen LogP) is 4.92. The highest BCUT2D eigenvalue weighted by Crippen LogP contribution is 2.44. The lowest BCUT2D eigenvalue weighted by Gasteiger charge is -2.31. The monoisotopic (exact) mass is 422 g/mol. The summed E-state index contributed by atoms with van der Waals surface area (Å²) in [7, 11) is 1.72. The standard InChI is InChI=1S/C25H30N2O4/c1-24(2,3)31-23(29)27(4)25(13-14-25)16-26-22(28)30-15-21-19-11-7-5-9-17(19)18-10-6-8-12-20(18)21/h5-12,21H,13-16H2,1-4H3,(H,26,28). The predicted molar refractivity (Wildman–Crippen MR) is 119 cm³/mol. The molecule has 2 aromatic carbocycles. The maximum atomic E-state index is 12.5. The largest absolute Gasteiger partial charge is 0.449 e. The number of carbonyl (C=O) groups excluding carboxylic acids is 2. The lowest BCUT2D eigenvalue weighted by Crippen LogP contribution is -2.48. The molecule has 0 atom stereocenters. The van der Waals surface area contributed by atoms with Gasteiger partial charge in [-0.15, -0.1) is 0 Å². The van der Waals surface area contributed by atoms with Crippen molar-refractivity contribution in [2.45, 2.75) is 50.7 Å². The minimum atomic E-state index is -0.554. The molecule has 0 radical (unpaired) electrons. The van der Waals surface area contributed by atoms with Crippen molar-refractivity contribution in [3.8, 4) is 11.1 Å². The van der Waals surface area contributed by atoms with Crippen LogP contribution in [0.3, 0.4) is 0 Å². The fourth-order valence-electron chi connectivity index (χ4n) is 4.19. The van der Waals surface area contributed by atoms with Gasteiger partial charge in [0.05, 0.1) is 5.54 Å². The summed E-state index contributed by atoms with van der Waals surface area (Å²) in [5, 5.41) is 2.85. The van der Waals surface area contributed by atoms with Gasteiger partial charge in [-0.1, -0.05) is 48.5 Å². The maximum absolute atomic E-state index is 12.5. The van der Waals surface area contributed by atoms with Gasteiger partial charge in [-0.25, -0.2) is 9.59 Å². The number of nitrogens with zero attached hydrogens (tertiary/aromatic N) is 1. The van der Waals surface area contributed by atoms with Crippen molar-refractivity contribution in [3.05, 3.63) is 59.7 Å². The molecule has 0 aromatic heterocycles. The molecule has 2 aromatic rings. The zero-order chi connectivity index (χ0) is 22.2. The summed E-state index contributed by atoms with van der Waals surface area (Å²) in [6.45, 7) is 6.14. The second-order valence-electron chi connectivity index (χ2n) is 9.44. The second-order valence-corrected chi connectivity index (χ2v) is 9.44. The van der Waals surface area contributed by atoms with E-state index in [0.29, 0.717) is 6.54 Å². The van der Waals surface area contributed by atoms with Gasteiger partial charge < -0.3 is 19.7 Å². The first-order valence-electron chi connectivity index (χ1n) is 10.8. The van der Waals surface area contributed by atoms with Crippen molar-refractivity contribution in [2.75, 3.05) is 20.2 Å². The van der Waals surface area contributed by atoms with Gasteiger partial charge in [0.2, 0.25) is 0 Å². The van der Waals surface area contributed by atoms with E-state index in [4.69, 9.17) is 9.47 Å². The summed E-state index contributed by atoms with van der Waals surface area (Å²) >= 11 is 0. The van der Waals surface area contributed by atoms with Gasteiger partial charge in [0.1, 0.15) is 12.2 Å². The third-order valence-corrected chi connectivity index (χ3v) is 6.11. The van der Waals surface area contributed by atoms with Crippen LogP contribution in [0, 0.1) is 0 Å². The first-order chi connectivity index (χ1) is 14.7. The van der Waals surface area contributed by atoms with Gasteiger partial charge >= 0.3 is 12.2 Å². The summed E-state index contributed by atoms with van der Waals surface area (Å²) in [6, 6.07) is 16.5. The van der Waals surface area contributed by atoms with E-state index >= 15 is 0 Å². The fourth-order valence-corrected chi connectivity index (χ4v) is 4.19. The Bertz CT molecular complexity index is 946. The molecular weight excluding hydrogens is 392 g/mol. The normalized spacial score (nSPS) is 16.1. The van der Waals surface area contributed by atoms with Crippen LogP contribution < -0.4 is 5.32 Å². The van der Waals surface area contributed by atoms with Crippen molar-refractivity contribution in [1.29, 1.82) is 0 Å². The molecule has 0 unspecified atom stereocenters. The van der Waals surface area contributed by atoms with Crippen LogP contribution in [-0.2, 0) is 9.47 Å². The fraction of sp³-hybridized carbons (Fsp3) is 0.440. The Morgan fingerprint density at radius 1 is 1.03 bits per heavy atom. The van der Waals surface area contributed by atoms with Crippen LogP contribution >= 0.6 is 0 Å². The smallest absolute Gasteiger partial charge is 0.410 e. The van der Waals surface area contributed by atoms with Crippen LogP contribution in [0.5, 0.6) is 0 Å². The Morgan fingerprint density at radius 3 is 2.10 bits per heavy atom. The highest BCUT2D eigenvalue weighted by Gasteiger charge is 2.50. The minimum absolute atomic E-state index is 0.0254. The molecule has 0 heterocycles. The molecule has 0 bridgehead atoms. The molecule has 1 N–H and O–H groups in total. The van der Waals surface area contributed by atoms with Crippen molar-refractivity contribution in [2.24, 2.45) is 0 Å². The van der Waals surface area contributed by atoms with E-state index in [1.807, 2.05) is 45.0 Å². The number of likely N-dealkylation sites (N-methyl/N-ethyl adjacent to an activating group) is 1. The molecule has 2 aliphatic carbocycles. The molecular formula is C25H30N2O4. The van der Waals surface area contributed by atoms with Crippen molar-refractivity contribution < 1.29 is 19.1 Å². The SMILES string of the molecule is CN(C(=O)OC(C)(C)C)C1(CNC(=O)OCC2c3ccccc3-c3ccccc32)CC1. The van der Waals surface area contributed by atoms with E-state index in [9.17, 15) is 9.59 Å². The maximum Gasteiger partial charge on any atom is 0.410 e. The summed E-state index contributed by atoms with van der Waals surface area (Å²) < 4.78 is 11.1. The minimum Gasteiger partial charge on any atom is -0.449 e. The average molecular weight is 423 g/mol. The van der Waals surface area contributed by atoms with Crippen LogP contribution in [0.2, 0.25) is 0 Å². The highest BCUT2D eigenvalue weighted by molar-refractivity contribution is 5.79. The summed E-state index contributed by atoms with van der Waals surface area (Å²) in [5.74, 6) is 0.0254. The molecule has 0 aliphatic heterocycles. The third-order valence-electron chi connectivity index (χ3n) is 6.11. The molecule has 4 rings (SSSR count). The lowest BCUT2D eigenvalue weighted by atomic mass is 9.98. The molecule has 2 aliphatic rings. The van der Waals surface area contributed by atoms with Crippen LogP contribution in [0.4, 0.5) is 9.59 Å². The number of rotatable bonds is 5. The summed E-state index contributed by atoms with van der Waals surface area (Å²) in [6.07, 6.45) is 0.809. The van der Waals surface area contributed by atoms with Crippen LogP contribution in [0.25, 0.3) is 11.1 Å². The number of hydrogen-bond donors (Lipinski definition) is 1. The molecule has 1 saturated carbocycles. The van der Waals surface area contributed by atoms with Crippen molar-refractivity contribution in [3.63, 3.8) is 0 Å². The number of hydrogen-bond acceptors (Lipinski definition) is 4. The molecule has 0 saturated heterocycles. The van der Waals surface area contributed by atoms with E-state index in [0.717, 1.165) is 12.8 Å². The first-order valence-corrected chi connectivity index (χ1v) is 10.8. The summed E-state index contributed by atoms with van der Waals surface area (Å²) in [5.41, 5.74) is 3.81. The van der Waals surface area contributed by atoms with Gasteiger partial charge in [-0.2, -0.15) is 0 Å². The van der Waals surface area contributed by atoms with E-state index in [-0.39, 0.29) is 18.6 Å². The van der Waals surface area contributed by atoms with E-state index in [1.165, 1.54) is 22.3 Å². The topological polar surface area (TPSA) is 67.9 Å². The van der Waals surface area contributed by atoms with Gasteiger partial charge in [0, 0.05) is 19.5 Å². The zero-order valence-electron chi connectivity index (χ0n) is 18.6. The molecule has 1 fully saturated rings. The molecule has 0 spiro atoms. The molecule has 164 valence electrons. The Labute approximate surface area is 183 Å². The number of fused-ring (bicyclic) bond motifs is 3. The van der Waals surface area contributed by atoms with Gasteiger partial charge in [0.15, 0.2) is 0 Å². The number of nitrogens with one attached hydrogen (secondary N) is 1. The van der Waals surface area contributed by atoms with Gasteiger partial charge in [-0.05, 0) is 55.9 Å². The van der Waals surface area contributed by atoms with E-state index < -0.39 is 17.2 Å². The highest BCUT2D eigenvalue weighted by atomic mass is 16.6. The summed E-state index contributed by atoms with van der Waals surface area (Å²) in [4.78, 5) is 26.4. The van der Waals surface area contributed by atoms with Crippen molar-refractivity contribution >= 4 is 12.2 Å². The molecule has 6 heteroatoms. The second kappa shape index (κ2) is 7.91. The number of benzene rings is 2. The van der Waals surface area contributed by atoms with E-state index in [1.54, 1.807) is 11.9 Å². The van der Waals surface area contributed by atoms with Gasteiger partial charge in [-0.3, -0.25) is 0 Å². The lowest BCUT2D eigenvalue weighted by molar-refractivity contribution is 0.0192. The Balaban J connectivity index is 1.34. The van der Waals surface area contributed by atoms with E-state index in [2.05, 4.69) is 29.6 Å². The van der Waals surface area contributed by atoms with Gasteiger partial charge in [0.25, 0.3) is 0 Å². The van der Waals surface area contributed by atoms with Crippen LogP contribution in [0.1, 0.15) is 50.7 Å². The van der Waals surface area contributed by atoms with Crippen LogP contribution in [-0.4, -0.2) is 48.4 Å². The molecule has 31 heavy (non-hydrogen) atoms. The molecule has 6 nitrogen and oxygen atoms in total. The third kappa shape index (κ3) is 4.38. The Kier molecular flexibility index (Phi) is 5.42. The number of ether oxygens (including phenoxy) is 2. The zero-order valence-corrected chi connectivity index (χ0v) is 18.6.